The summed E-state index contributed by atoms with van der Waals surface area (Å²) in [5.41, 5.74) is 0.546. The summed E-state index contributed by atoms with van der Waals surface area (Å²) in [6.45, 7) is 2.15. The topological polar surface area (TPSA) is 70.4 Å². The molecule has 2 heterocycles. The molecule has 3 atom stereocenters. The maximum atomic E-state index is 12.1. The van der Waals surface area contributed by atoms with Gasteiger partial charge in [-0.3, -0.25) is 14.4 Å². The molecule has 2 N–H and O–H groups in total. The molecule has 1 aliphatic heterocycles. The van der Waals surface area contributed by atoms with Crippen molar-refractivity contribution in [2.45, 2.75) is 43.9 Å². The molecule has 0 unspecified atom stereocenters. The summed E-state index contributed by atoms with van der Waals surface area (Å²) in [4.78, 5) is 14.5. The van der Waals surface area contributed by atoms with Crippen LogP contribution in [0.2, 0.25) is 0 Å². The summed E-state index contributed by atoms with van der Waals surface area (Å²) in [7, 11) is 1.78. The number of nitrogens with one attached hydrogen (secondary N) is 1. The summed E-state index contributed by atoms with van der Waals surface area (Å²) < 4.78 is 1.60. The average molecular weight is 278 g/mol. The van der Waals surface area contributed by atoms with Crippen LogP contribution in [0.3, 0.4) is 0 Å². The van der Waals surface area contributed by atoms with Crippen molar-refractivity contribution >= 4 is 5.91 Å². The van der Waals surface area contributed by atoms with E-state index >= 15 is 0 Å². The van der Waals surface area contributed by atoms with Crippen LogP contribution in [0.5, 0.6) is 0 Å². The minimum atomic E-state index is -0.464. The van der Waals surface area contributed by atoms with Crippen molar-refractivity contribution in [2.24, 2.45) is 7.05 Å². The first-order chi connectivity index (χ1) is 9.65. The first-order valence-electron chi connectivity index (χ1n) is 7.37. The van der Waals surface area contributed by atoms with E-state index in [1.807, 2.05) is 0 Å². The van der Waals surface area contributed by atoms with Gasteiger partial charge in [-0.1, -0.05) is 0 Å². The van der Waals surface area contributed by atoms with E-state index < -0.39 is 6.10 Å². The van der Waals surface area contributed by atoms with Crippen LogP contribution < -0.4 is 5.32 Å². The van der Waals surface area contributed by atoms with Crippen molar-refractivity contribution in [3.05, 3.63) is 18.0 Å². The van der Waals surface area contributed by atoms with E-state index in [1.165, 1.54) is 12.8 Å². The van der Waals surface area contributed by atoms with E-state index in [4.69, 9.17) is 0 Å². The number of aryl methyl sites for hydroxylation is 1. The van der Waals surface area contributed by atoms with Gasteiger partial charge >= 0.3 is 0 Å². The van der Waals surface area contributed by atoms with Crippen LogP contribution in [-0.4, -0.2) is 57.0 Å². The van der Waals surface area contributed by atoms with E-state index in [0.29, 0.717) is 5.56 Å². The zero-order chi connectivity index (χ0) is 14.1. The molecule has 2 fully saturated rings. The zero-order valence-electron chi connectivity index (χ0n) is 11.8. The Morgan fingerprint density at radius 1 is 1.40 bits per heavy atom. The number of hydrogen-bond acceptors (Lipinski definition) is 4. The molecule has 6 heteroatoms. The van der Waals surface area contributed by atoms with E-state index in [2.05, 4.69) is 15.3 Å². The Kier molecular flexibility index (Phi) is 3.76. The highest BCUT2D eigenvalue weighted by Gasteiger charge is 2.39. The number of aromatic nitrogens is 2. The summed E-state index contributed by atoms with van der Waals surface area (Å²) in [6, 6.07) is 0.0602. The van der Waals surface area contributed by atoms with Gasteiger partial charge in [0.2, 0.25) is 0 Å². The predicted molar refractivity (Wildman–Crippen MR) is 74.3 cm³/mol. The van der Waals surface area contributed by atoms with Gasteiger partial charge in [0.15, 0.2) is 0 Å². The van der Waals surface area contributed by atoms with Crippen LogP contribution in [0.1, 0.15) is 36.0 Å². The Bertz CT molecular complexity index is 481. The number of rotatable bonds is 3. The highest BCUT2D eigenvalue weighted by molar-refractivity contribution is 5.93. The predicted octanol–water partition coefficient (Wildman–Crippen LogP) is 0.138. The molecule has 1 saturated heterocycles. The second kappa shape index (κ2) is 5.54. The van der Waals surface area contributed by atoms with E-state index in [-0.39, 0.29) is 18.0 Å². The summed E-state index contributed by atoms with van der Waals surface area (Å²) in [6.07, 6.45) is 7.01. The third-order valence-electron chi connectivity index (χ3n) is 4.47. The molecule has 1 amide bonds. The summed E-state index contributed by atoms with van der Waals surface area (Å²) in [5.74, 6) is -0.149. The first-order valence-corrected chi connectivity index (χ1v) is 7.37. The first kappa shape index (κ1) is 13.6. The fraction of sp³-hybridized carbons (Fsp3) is 0.714. The lowest BCUT2D eigenvalue weighted by molar-refractivity contribution is 0.0619. The maximum absolute atomic E-state index is 12.1. The molecular formula is C14H22N4O2. The van der Waals surface area contributed by atoms with Gasteiger partial charge in [-0.2, -0.15) is 5.10 Å². The number of likely N-dealkylation sites (tertiary alicyclic amines) is 1. The van der Waals surface area contributed by atoms with Crippen LogP contribution in [0.4, 0.5) is 0 Å². The number of hydrogen-bond donors (Lipinski definition) is 2. The molecule has 3 rings (SSSR count). The molecule has 6 nitrogen and oxygen atoms in total. The molecule has 1 aromatic rings. The molecule has 20 heavy (non-hydrogen) atoms. The van der Waals surface area contributed by atoms with Crippen molar-refractivity contribution in [1.29, 1.82) is 0 Å². The third-order valence-corrected chi connectivity index (χ3v) is 4.47. The largest absolute Gasteiger partial charge is 0.389 e. The number of aliphatic hydroxyl groups is 1. The Hall–Kier alpha value is -1.40. The van der Waals surface area contributed by atoms with Gasteiger partial charge in [0.1, 0.15) is 0 Å². The highest BCUT2D eigenvalue weighted by atomic mass is 16.3. The third kappa shape index (κ3) is 2.58. The Morgan fingerprint density at radius 2 is 2.15 bits per heavy atom. The van der Waals surface area contributed by atoms with Gasteiger partial charge in [0.05, 0.1) is 23.9 Å². The molecule has 0 aromatic carbocycles. The fourth-order valence-corrected chi connectivity index (χ4v) is 3.38. The molecule has 1 aliphatic carbocycles. The SMILES string of the molecule is Cn1cc(C(=O)N[C@@H]2CC[C@@H](N3CCCC3)[C@@H]2O)cn1. The van der Waals surface area contributed by atoms with Crippen molar-refractivity contribution in [3.8, 4) is 0 Å². The molecule has 110 valence electrons. The Labute approximate surface area is 118 Å². The lowest BCUT2D eigenvalue weighted by Gasteiger charge is -2.28. The van der Waals surface area contributed by atoms with E-state index in [1.54, 1.807) is 24.1 Å². The molecule has 0 spiro atoms. The number of amides is 1. The molecule has 0 radical (unpaired) electrons. The number of aliphatic hydroxyl groups excluding tert-OH is 1. The Morgan fingerprint density at radius 3 is 2.80 bits per heavy atom. The fourth-order valence-electron chi connectivity index (χ4n) is 3.38. The maximum Gasteiger partial charge on any atom is 0.254 e. The normalized spacial score (nSPS) is 30.8. The average Bonchev–Trinajstić information content (AvgIpc) is 3.12. The minimum Gasteiger partial charge on any atom is -0.389 e. The van der Waals surface area contributed by atoms with Crippen LogP contribution in [0.15, 0.2) is 12.4 Å². The number of carbonyl (C=O) groups excluding carboxylic acids is 1. The quantitative estimate of drug-likeness (QED) is 0.825. The minimum absolute atomic E-state index is 0.145. The van der Waals surface area contributed by atoms with Crippen LogP contribution in [0.25, 0.3) is 0 Å². The van der Waals surface area contributed by atoms with Crippen LogP contribution in [0, 0.1) is 0 Å². The molecule has 2 aliphatic rings. The van der Waals surface area contributed by atoms with Crippen molar-refractivity contribution in [2.75, 3.05) is 13.1 Å². The molecule has 1 aromatic heterocycles. The molecule has 0 bridgehead atoms. The van der Waals surface area contributed by atoms with E-state index in [9.17, 15) is 9.90 Å². The number of nitrogens with zero attached hydrogens (tertiary/aromatic N) is 3. The van der Waals surface area contributed by atoms with Gasteiger partial charge in [-0.25, -0.2) is 0 Å². The molecule has 1 saturated carbocycles. The monoisotopic (exact) mass is 278 g/mol. The Balaban J connectivity index is 1.59. The van der Waals surface area contributed by atoms with Gasteiger partial charge < -0.3 is 10.4 Å². The smallest absolute Gasteiger partial charge is 0.254 e. The number of carbonyl (C=O) groups is 1. The van der Waals surface area contributed by atoms with Crippen molar-refractivity contribution in [3.63, 3.8) is 0 Å². The highest BCUT2D eigenvalue weighted by Crippen LogP contribution is 2.27. The van der Waals surface area contributed by atoms with Crippen molar-refractivity contribution in [1.82, 2.24) is 20.0 Å². The lowest BCUT2D eigenvalue weighted by Crippen LogP contribution is -2.47. The standard InChI is InChI=1S/C14H22N4O2/c1-17-9-10(8-15-17)14(20)16-11-4-5-12(13(11)19)18-6-2-3-7-18/h8-9,11-13,19H,2-7H2,1H3,(H,16,20)/t11-,12-,13-/m1/s1. The van der Waals surface area contributed by atoms with Gasteiger partial charge in [0.25, 0.3) is 5.91 Å². The summed E-state index contributed by atoms with van der Waals surface area (Å²) >= 11 is 0. The van der Waals surface area contributed by atoms with Crippen molar-refractivity contribution < 1.29 is 9.90 Å². The van der Waals surface area contributed by atoms with Gasteiger partial charge in [-0.05, 0) is 38.8 Å². The lowest BCUT2D eigenvalue weighted by atomic mass is 10.1. The van der Waals surface area contributed by atoms with Crippen LogP contribution in [-0.2, 0) is 7.05 Å². The van der Waals surface area contributed by atoms with Crippen LogP contribution >= 0.6 is 0 Å². The van der Waals surface area contributed by atoms with Gasteiger partial charge in [0, 0.05) is 19.3 Å². The second-order valence-corrected chi connectivity index (χ2v) is 5.86. The second-order valence-electron chi connectivity index (χ2n) is 5.86. The van der Waals surface area contributed by atoms with Gasteiger partial charge in [-0.15, -0.1) is 0 Å². The zero-order valence-corrected chi connectivity index (χ0v) is 11.8. The van der Waals surface area contributed by atoms with E-state index in [0.717, 1.165) is 25.9 Å². The summed E-state index contributed by atoms with van der Waals surface area (Å²) in [5, 5.41) is 17.4. The molecular weight excluding hydrogens is 256 g/mol.